The van der Waals surface area contributed by atoms with Crippen molar-refractivity contribution in [1.82, 2.24) is 10.2 Å². The first kappa shape index (κ1) is 16.0. The van der Waals surface area contributed by atoms with E-state index < -0.39 is 5.63 Å². The van der Waals surface area contributed by atoms with Crippen molar-refractivity contribution in [2.24, 2.45) is 0 Å². The molecular formula is C16H20N2O4. The van der Waals surface area contributed by atoms with Crippen molar-refractivity contribution in [1.29, 1.82) is 0 Å². The molecule has 6 nitrogen and oxygen atoms in total. The second-order valence-electron chi connectivity index (χ2n) is 5.27. The van der Waals surface area contributed by atoms with Crippen molar-refractivity contribution < 1.29 is 14.3 Å². The number of hydrogen-bond acceptors (Lipinski definition) is 5. The van der Waals surface area contributed by atoms with Crippen LogP contribution >= 0.6 is 0 Å². The summed E-state index contributed by atoms with van der Waals surface area (Å²) in [6.07, 6.45) is 0.675. The molecule has 0 spiro atoms. The first-order chi connectivity index (χ1) is 10.4. The molecule has 1 aromatic carbocycles. The Bertz CT molecular complexity index is 752. The van der Waals surface area contributed by atoms with Crippen LogP contribution in [0.5, 0.6) is 5.75 Å². The van der Waals surface area contributed by atoms with Crippen molar-refractivity contribution in [3.05, 3.63) is 39.7 Å². The lowest BCUT2D eigenvalue weighted by Crippen LogP contribution is -2.32. The third-order valence-corrected chi connectivity index (χ3v) is 3.54. The fourth-order valence-corrected chi connectivity index (χ4v) is 2.39. The summed E-state index contributed by atoms with van der Waals surface area (Å²) in [6.45, 7) is 2.61. The fraction of sp³-hybridized carbons (Fsp3) is 0.375. The standard InChI is InChI=1S/C16H20N2O4/c1-4-10-5-12-11(8-18(3)9-15(20)17-2)6-16(21)22-14(12)7-13(10)19/h5-7,19H,4,8-9H2,1-3H3,(H,17,20). The van der Waals surface area contributed by atoms with Crippen molar-refractivity contribution in [2.75, 3.05) is 20.6 Å². The second-order valence-corrected chi connectivity index (χ2v) is 5.27. The van der Waals surface area contributed by atoms with E-state index in [4.69, 9.17) is 4.42 Å². The smallest absolute Gasteiger partial charge is 0.336 e. The number of nitrogens with one attached hydrogen (secondary N) is 1. The molecule has 6 heteroatoms. The monoisotopic (exact) mass is 304 g/mol. The van der Waals surface area contributed by atoms with Gasteiger partial charge in [0.25, 0.3) is 0 Å². The van der Waals surface area contributed by atoms with E-state index in [1.165, 1.54) is 12.1 Å². The van der Waals surface area contributed by atoms with E-state index in [1.54, 1.807) is 14.1 Å². The third-order valence-electron chi connectivity index (χ3n) is 3.54. The number of hydrogen-bond donors (Lipinski definition) is 2. The van der Waals surface area contributed by atoms with Gasteiger partial charge in [-0.15, -0.1) is 0 Å². The molecule has 1 aromatic heterocycles. The number of carbonyl (C=O) groups excluding carboxylic acids is 1. The van der Waals surface area contributed by atoms with E-state index in [0.29, 0.717) is 18.5 Å². The third kappa shape index (κ3) is 3.46. The summed E-state index contributed by atoms with van der Waals surface area (Å²) in [4.78, 5) is 24.9. The van der Waals surface area contributed by atoms with Crippen LogP contribution in [0.2, 0.25) is 0 Å². The molecule has 2 rings (SSSR count). The second kappa shape index (κ2) is 6.62. The normalized spacial score (nSPS) is 11.1. The van der Waals surface area contributed by atoms with Gasteiger partial charge in [0.2, 0.25) is 5.91 Å². The number of phenols is 1. The molecule has 0 aliphatic heterocycles. The zero-order valence-corrected chi connectivity index (χ0v) is 13.0. The predicted octanol–water partition coefficient (Wildman–Crippen LogP) is 1.24. The number of amides is 1. The molecule has 2 N–H and O–H groups in total. The van der Waals surface area contributed by atoms with Gasteiger partial charge in [0, 0.05) is 31.1 Å². The van der Waals surface area contributed by atoms with E-state index in [9.17, 15) is 14.7 Å². The number of rotatable bonds is 5. The van der Waals surface area contributed by atoms with E-state index in [2.05, 4.69) is 5.32 Å². The Morgan fingerprint density at radius 1 is 1.32 bits per heavy atom. The summed E-state index contributed by atoms with van der Waals surface area (Å²) in [5.74, 6) is 0.0238. The summed E-state index contributed by atoms with van der Waals surface area (Å²) < 4.78 is 5.15. The Hall–Kier alpha value is -2.34. The van der Waals surface area contributed by atoms with Crippen LogP contribution in [0.25, 0.3) is 11.0 Å². The first-order valence-electron chi connectivity index (χ1n) is 7.12. The first-order valence-corrected chi connectivity index (χ1v) is 7.12. The summed E-state index contributed by atoms with van der Waals surface area (Å²) in [5, 5.41) is 13.2. The highest BCUT2D eigenvalue weighted by atomic mass is 16.4. The Balaban J connectivity index is 2.43. The van der Waals surface area contributed by atoms with Gasteiger partial charge >= 0.3 is 5.63 Å². The molecule has 0 aliphatic carbocycles. The lowest BCUT2D eigenvalue weighted by molar-refractivity contribution is -0.121. The molecule has 118 valence electrons. The lowest BCUT2D eigenvalue weighted by Gasteiger charge is -2.17. The number of fused-ring (bicyclic) bond motifs is 1. The van der Waals surface area contributed by atoms with E-state index >= 15 is 0 Å². The zero-order valence-electron chi connectivity index (χ0n) is 13.0. The number of benzene rings is 1. The van der Waals surface area contributed by atoms with Crippen LogP contribution in [0.4, 0.5) is 0 Å². The quantitative estimate of drug-likeness (QED) is 0.812. The van der Waals surface area contributed by atoms with E-state index in [1.807, 2.05) is 17.9 Å². The Morgan fingerprint density at radius 3 is 2.68 bits per heavy atom. The highest BCUT2D eigenvalue weighted by Gasteiger charge is 2.12. The number of carbonyl (C=O) groups is 1. The molecular weight excluding hydrogens is 284 g/mol. The summed E-state index contributed by atoms with van der Waals surface area (Å²) >= 11 is 0. The van der Waals surface area contributed by atoms with Gasteiger partial charge in [-0.05, 0) is 30.7 Å². The number of aromatic hydroxyl groups is 1. The van der Waals surface area contributed by atoms with Crippen molar-refractivity contribution >= 4 is 16.9 Å². The van der Waals surface area contributed by atoms with Crippen LogP contribution in [0.3, 0.4) is 0 Å². The fourth-order valence-electron chi connectivity index (χ4n) is 2.39. The number of likely N-dealkylation sites (N-methyl/N-ethyl adjacent to an activating group) is 2. The van der Waals surface area contributed by atoms with Gasteiger partial charge in [0.15, 0.2) is 0 Å². The molecule has 1 amide bonds. The highest BCUT2D eigenvalue weighted by Crippen LogP contribution is 2.27. The van der Waals surface area contributed by atoms with Crippen LogP contribution in [0, 0.1) is 0 Å². The minimum Gasteiger partial charge on any atom is -0.508 e. The Labute approximate surface area is 128 Å². The summed E-state index contributed by atoms with van der Waals surface area (Å²) in [7, 11) is 3.38. The Kier molecular flexibility index (Phi) is 4.82. The minimum atomic E-state index is -0.473. The van der Waals surface area contributed by atoms with Crippen LogP contribution in [-0.2, 0) is 17.8 Å². The molecule has 0 atom stereocenters. The molecule has 0 radical (unpaired) electrons. The Morgan fingerprint density at radius 2 is 2.05 bits per heavy atom. The largest absolute Gasteiger partial charge is 0.508 e. The van der Waals surface area contributed by atoms with Crippen LogP contribution < -0.4 is 10.9 Å². The van der Waals surface area contributed by atoms with Crippen molar-refractivity contribution in [3.63, 3.8) is 0 Å². The molecule has 0 fully saturated rings. The minimum absolute atomic E-state index is 0.0957. The van der Waals surface area contributed by atoms with Gasteiger partial charge in [-0.3, -0.25) is 9.69 Å². The van der Waals surface area contributed by atoms with Gasteiger partial charge in [-0.2, -0.15) is 0 Å². The molecule has 2 aromatic rings. The summed E-state index contributed by atoms with van der Waals surface area (Å²) in [5.41, 5.74) is 1.44. The van der Waals surface area contributed by atoms with Crippen LogP contribution in [-0.4, -0.2) is 36.6 Å². The van der Waals surface area contributed by atoms with Crippen LogP contribution in [0.15, 0.2) is 27.4 Å². The van der Waals surface area contributed by atoms with Crippen molar-refractivity contribution in [2.45, 2.75) is 19.9 Å². The van der Waals surface area contributed by atoms with Gasteiger partial charge < -0.3 is 14.8 Å². The maximum absolute atomic E-state index is 11.7. The average molecular weight is 304 g/mol. The van der Waals surface area contributed by atoms with E-state index in [0.717, 1.165) is 16.5 Å². The topological polar surface area (TPSA) is 82.8 Å². The van der Waals surface area contributed by atoms with Gasteiger partial charge in [-0.1, -0.05) is 6.92 Å². The predicted molar refractivity (Wildman–Crippen MR) is 83.9 cm³/mol. The lowest BCUT2D eigenvalue weighted by atomic mass is 10.0. The number of phenolic OH excluding ortho intramolecular Hbond substituents is 1. The van der Waals surface area contributed by atoms with Gasteiger partial charge in [0.05, 0.1) is 6.54 Å². The van der Waals surface area contributed by atoms with Gasteiger partial charge in [-0.25, -0.2) is 4.79 Å². The summed E-state index contributed by atoms with van der Waals surface area (Å²) in [6, 6.07) is 4.73. The highest BCUT2D eigenvalue weighted by molar-refractivity contribution is 5.83. The maximum atomic E-state index is 11.7. The zero-order chi connectivity index (χ0) is 16.3. The molecule has 0 saturated heterocycles. The SMILES string of the molecule is CCc1cc2c(CN(C)CC(=O)NC)cc(=O)oc2cc1O. The van der Waals surface area contributed by atoms with Gasteiger partial charge in [0.1, 0.15) is 11.3 Å². The molecule has 0 unspecified atom stereocenters. The maximum Gasteiger partial charge on any atom is 0.336 e. The van der Waals surface area contributed by atoms with Crippen molar-refractivity contribution in [3.8, 4) is 5.75 Å². The molecule has 0 aliphatic rings. The number of nitrogens with zero attached hydrogens (tertiary/aromatic N) is 1. The molecule has 1 heterocycles. The molecule has 0 saturated carbocycles. The van der Waals surface area contributed by atoms with E-state index in [-0.39, 0.29) is 18.2 Å². The van der Waals surface area contributed by atoms with Crippen LogP contribution in [0.1, 0.15) is 18.1 Å². The average Bonchev–Trinajstić information content (AvgIpc) is 2.46. The molecule has 22 heavy (non-hydrogen) atoms. The molecule has 0 bridgehead atoms. The number of aryl methyl sites for hydroxylation is 1.